The monoisotopic (exact) mass is 430 g/mol. The van der Waals surface area contributed by atoms with E-state index in [-0.39, 0.29) is 17.7 Å². The highest BCUT2D eigenvalue weighted by Crippen LogP contribution is 2.18. The van der Waals surface area contributed by atoms with Crippen LogP contribution in [-0.2, 0) is 19.4 Å². The third-order valence-corrected chi connectivity index (χ3v) is 5.44. The Morgan fingerprint density at radius 2 is 2.06 bits per heavy atom. The van der Waals surface area contributed by atoms with Crippen LogP contribution in [0.3, 0.4) is 0 Å². The Morgan fingerprint density at radius 1 is 1.19 bits per heavy atom. The molecular formula is C23H35FN6O. The zero-order valence-corrected chi connectivity index (χ0v) is 18.7. The van der Waals surface area contributed by atoms with Crippen molar-refractivity contribution in [3.8, 4) is 5.75 Å². The standard InChI is InChI=1S/C23H35FN6O/c1-3-18(31-20-12-8-7-11-19(20)24)17-27-23(25-4-2)26-15-10-14-22-29-28-21-13-6-5-9-16-30(21)22/h7-8,11-12,18H,3-6,9-10,13-17H2,1-2H3,(H2,25,26,27). The molecule has 1 aliphatic heterocycles. The number of halogens is 1. The van der Waals surface area contributed by atoms with Crippen LogP contribution in [0.2, 0.25) is 0 Å². The second-order valence-electron chi connectivity index (χ2n) is 7.82. The molecule has 0 bridgehead atoms. The van der Waals surface area contributed by atoms with Gasteiger partial charge in [-0.3, -0.25) is 0 Å². The van der Waals surface area contributed by atoms with Crippen LogP contribution >= 0.6 is 0 Å². The van der Waals surface area contributed by atoms with Gasteiger partial charge in [-0.1, -0.05) is 25.5 Å². The predicted octanol–water partition coefficient (Wildman–Crippen LogP) is 3.49. The molecule has 170 valence electrons. The smallest absolute Gasteiger partial charge is 0.191 e. The van der Waals surface area contributed by atoms with E-state index in [1.165, 1.54) is 25.3 Å². The van der Waals surface area contributed by atoms with Gasteiger partial charge in [0.15, 0.2) is 17.5 Å². The van der Waals surface area contributed by atoms with E-state index in [9.17, 15) is 4.39 Å². The molecule has 1 atom stereocenters. The van der Waals surface area contributed by atoms with Gasteiger partial charge in [0.05, 0.1) is 6.54 Å². The van der Waals surface area contributed by atoms with E-state index in [1.807, 2.05) is 13.8 Å². The fraction of sp³-hybridized carbons (Fsp3) is 0.609. The van der Waals surface area contributed by atoms with Gasteiger partial charge in [-0.2, -0.15) is 0 Å². The van der Waals surface area contributed by atoms with Crippen LogP contribution in [0.15, 0.2) is 29.3 Å². The molecule has 1 unspecified atom stereocenters. The Bertz CT molecular complexity index is 837. The summed E-state index contributed by atoms with van der Waals surface area (Å²) in [6.07, 6.45) is 7.14. The van der Waals surface area contributed by atoms with Crippen LogP contribution in [0.1, 0.15) is 57.6 Å². The van der Waals surface area contributed by atoms with Gasteiger partial charge < -0.3 is 19.9 Å². The third kappa shape index (κ3) is 6.94. The number of hydrogen-bond acceptors (Lipinski definition) is 4. The first kappa shape index (κ1) is 23.0. The second-order valence-corrected chi connectivity index (χ2v) is 7.82. The van der Waals surface area contributed by atoms with Gasteiger partial charge in [-0.05, 0) is 44.7 Å². The van der Waals surface area contributed by atoms with Crippen molar-refractivity contribution in [2.24, 2.45) is 4.99 Å². The third-order valence-electron chi connectivity index (χ3n) is 5.44. The Balaban J connectivity index is 1.48. The number of hydrogen-bond donors (Lipinski definition) is 2. The highest BCUT2D eigenvalue weighted by molar-refractivity contribution is 5.79. The van der Waals surface area contributed by atoms with Crippen molar-refractivity contribution in [1.29, 1.82) is 0 Å². The molecule has 8 heteroatoms. The quantitative estimate of drug-likeness (QED) is 0.343. The maximum atomic E-state index is 13.9. The fourth-order valence-corrected chi connectivity index (χ4v) is 3.69. The van der Waals surface area contributed by atoms with Crippen LogP contribution < -0.4 is 15.4 Å². The molecule has 0 saturated heterocycles. The van der Waals surface area contributed by atoms with E-state index in [1.54, 1.807) is 18.2 Å². The number of rotatable bonds is 10. The molecule has 2 N–H and O–H groups in total. The number of nitrogens with zero attached hydrogens (tertiary/aromatic N) is 4. The predicted molar refractivity (Wildman–Crippen MR) is 121 cm³/mol. The van der Waals surface area contributed by atoms with Crippen molar-refractivity contribution in [2.45, 2.75) is 71.4 Å². The van der Waals surface area contributed by atoms with Gasteiger partial charge in [-0.15, -0.1) is 10.2 Å². The maximum Gasteiger partial charge on any atom is 0.191 e. The summed E-state index contributed by atoms with van der Waals surface area (Å²) in [7, 11) is 0. The number of ether oxygens (including phenoxy) is 1. The van der Waals surface area contributed by atoms with Crippen molar-refractivity contribution < 1.29 is 9.13 Å². The van der Waals surface area contributed by atoms with E-state index in [0.29, 0.717) is 6.54 Å². The minimum Gasteiger partial charge on any atom is -0.485 e. The molecule has 1 aromatic heterocycles. The molecule has 31 heavy (non-hydrogen) atoms. The van der Waals surface area contributed by atoms with Gasteiger partial charge >= 0.3 is 0 Å². The summed E-state index contributed by atoms with van der Waals surface area (Å²) in [5.41, 5.74) is 0. The topological polar surface area (TPSA) is 76.4 Å². The average Bonchev–Trinajstić information content (AvgIpc) is 3.00. The van der Waals surface area contributed by atoms with E-state index < -0.39 is 0 Å². The molecule has 0 saturated carbocycles. The van der Waals surface area contributed by atoms with Crippen LogP contribution in [0.5, 0.6) is 5.75 Å². The molecule has 0 radical (unpaired) electrons. The number of aromatic nitrogens is 3. The van der Waals surface area contributed by atoms with E-state index in [4.69, 9.17) is 4.74 Å². The number of guanidine groups is 1. The second kappa shape index (κ2) is 12.3. The number of aliphatic imine (C=N–C) groups is 1. The van der Waals surface area contributed by atoms with Crippen molar-refractivity contribution in [3.05, 3.63) is 41.7 Å². The molecule has 2 heterocycles. The lowest BCUT2D eigenvalue weighted by Crippen LogP contribution is -2.38. The van der Waals surface area contributed by atoms with Crippen molar-refractivity contribution >= 4 is 5.96 Å². The molecule has 0 aliphatic carbocycles. The van der Waals surface area contributed by atoms with Gasteiger partial charge in [-0.25, -0.2) is 9.38 Å². The van der Waals surface area contributed by atoms with Gasteiger partial charge in [0.25, 0.3) is 0 Å². The Morgan fingerprint density at radius 3 is 2.87 bits per heavy atom. The van der Waals surface area contributed by atoms with Gasteiger partial charge in [0, 0.05) is 32.5 Å². The Labute approximate surface area is 184 Å². The molecule has 3 rings (SSSR count). The fourth-order valence-electron chi connectivity index (χ4n) is 3.69. The van der Waals surface area contributed by atoms with E-state index in [2.05, 4.69) is 30.4 Å². The van der Waals surface area contributed by atoms with Crippen LogP contribution in [-0.4, -0.2) is 46.5 Å². The first-order valence-electron chi connectivity index (χ1n) is 11.6. The largest absolute Gasteiger partial charge is 0.485 e. The lowest BCUT2D eigenvalue weighted by molar-refractivity contribution is 0.196. The molecule has 0 amide bonds. The van der Waals surface area contributed by atoms with Gasteiger partial charge in [0.2, 0.25) is 0 Å². The molecule has 1 aliphatic rings. The lowest BCUT2D eigenvalue weighted by Gasteiger charge is -2.17. The highest BCUT2D eigenvalue weighted by Gasteiger charge is 2.14. The number of aryl methyl sites for hydroxylation is 2. The Hall–Kier alpha value is -2.64. The summed E-state index contributed by atoms with van der Waals surface area (Å²) < 4.78 is 22.0. The zero-order valence-electron chi connectivity index (χ0n) is 18.7. The maximum absolute atomic E-state index is 13.9. The summed E-state index contributed by atoms with van der Waals surface area (Å²) in [5, 5.41) is 15.4. The molecule has 0 fully saturated rings. The zero-order chi connectivity index (χ0) is 21.9. The van der Waals surface area contributed by atoms with Crippen molar-refractivity contribution in [3.63, 3.8) is 0 Å². The van der Waals surface area contributed by atoms with Crippen molar-refractivity contribution in [1.82, 2.24) is 25.4 Å². The molecule has 7 nitrogen and oxygen atoms in total. The SMILES string of the molecule is CCNC(=NCC(CC)Oc1ccccc1F)NCCCc1nnc2n1CCCCC2. The average molecular weight is 431 g/mol. The summed E-state index contributed by atoms with van der Waals surface area (Å²) in [4.78, 5) is 4.64. The number of fused-ring (bicyclic) bond motifs is 1. The van der Waals surface area contributed by atoms with Crippen LogP contribution in [0, 0.1) is 5.82 Å². The first-order valence-corrected chi connectivity index (χ1v) is 11.6. The van der Waals surface area contributed by atoms with E-state index >= 15 is 0 Å². The minimum absolute atomic E-state index is 0.182. The van der Waals surface area contributed by atoms with Crippen molar-refractivity contribution in [2.75, 3.05) is 19.6 Å². The molecule has 2 aromatic rings. The summed E-state index contributed by atoms with van der Waals surface area (Å²) in [6.45, 7) is 7.11. The Kier molecular flexibility index (Phi) is 9.12. The summed E-state index contributed by atoms with van der Waals surface area (Å²) in [6, 6.07) is 6.49. The first-order chi connectivity index (χ1) is 15.2. The number of nitrogens with one attached hydrogen (secondary N) is 2. The normalized spacial score (nSPS) is 15.1. The molecular weight excluding hydrogens is 395 g/mol. The van der Waals surface area contributed by atoms with Crippen LogP contribution in [0.25, 0.3) is 0 Å². The number of para-hydroxylation sites is 1. The van der Waals surface area contributed by atoms with E-state index in [0.717, 1.165) is 62.9 Å². The lowest BCUT2D eigenvalue weighted by atomic mass is 10.2. The van der Waals surface area contributed by atoms with Crippen LogP contribution in [0.4, 0.5) is 4.39 Å². The minimum atomic E-state index is -0.346. The van der Waals surface area contributed by atoms with Gasteiger partial charge in [0.1, 0.15) is 17.8 Å². The highest BCUT2D eigenvalue weighted by atomic mass is 19.1. The summed E-state index contributed by atoms with van der Waals surface area (Å²) in [5.74, 6) is 2.90. The summed E-state index contributed by atoms with van der Waals surface area (Å²) >= 11 is 0. The molecule has 1 aromatic carbocycles. The number of benzene rings is 1. The molecule has 0 spiro atoms.